The molecular weight excluding hydrogens is 470 g/mol. The number of alkyl halides is 6. The molecule has 1 spiro atoms. The van der Waals surface area contributed by atoms with E-state index in [0.717, 1.165) is 26.3 Å². The van der Waals surface area contributed by atoms with Gasteiger partial charge in [0.25, 0.3) is 0 Å². The molecule has 2 aliphatic rings. The van der Waals surface area contributed by atoms with Crippen LogP contribution in [0.1, 0.15) is 17.7 Å². The summed E-state index contributed by atoms with van der Waals surface area (Å²) in [7, 11) is 2.26. The summed E-state index contributed by atoms with van der Waals surface area (Å²) in [6, 6.07) is 4.39. The fourth-order valence-electron chi connectivity index (χ4n) is 3.09. The molecular formula is C18H24F6N2O5S. The molecule has 0 amide bonds. The van der Waals surface area contributed by atoms with Crippen LogP contribution in [-0.4, -0.2) is 89.7 Å². The van der Waals surface area contributed by atoms with Gasteiger partial charge in [-0.15, -0.1) is 11.3 Å². The number of carboxylic acids is 2. The van der Waals surface area contributed by atoms with Crippen LogP contribution in [0.5, 0.6) is 0 Å². The molecule has 7 nitrogen and oxygen atoms in total. The molecule has 0 unspecified atom stereocenters. The van der Waals surface area contributed by atoms with Gasteiger partial charge < -0.3 is 14.9 Å². The largest absolute Gasteiger partial charge is 0.490 e. The molecule has 2 saturated heterocycles. The van der Waals surface area contributed by atoms with Gasteiger partial charge in [-0.25, -0.2) is 9.59 Å². The second-order valence-electron chi connectivity index (χ2n) is 7.16. The van der Waals surface area contributed by atoms with Crippen LogP contribution in [0.2, 0.25) is 0 Å². The Morgan fingerprint density at radius 3 is 1.94 bits per heavy atom. The van der Waals surface area contributed by atoms with Gasteiger partial charge in [0, 0.05) is 36.6 Å². The Hall–Kier alpha value is -1.90. The minimum atomic E-state index is -5.08. The molecule has 0 saturated carbocycles. The van der Waals surface area contributed by atoms with E-state index in [2.05, 4.69) is 34.4 Å². The lowest BCUT2D eigenvalue weighted by molar-refractivity contribution is -0.193. The lowest BCUT2D eigenvalue weighted by atomic mass is 9.86. The Morgan fingerprint density at radius 1 is 1.06 bits per heavy atom. The minimum absolute atomic E-state index is 0.324. The summed E-state index contributed by atoms with van der Waals surface area (Å²) in [5, 5.41) is 16.4. The van der Waals surface area contributed by atoms with E-state index < -0.39 is 24.3 Å². The van der Waals surface area contributed by atoms with Crippen molar-refractivity contribution in [2.45, 2.75) is 37.3 Å². The van der Waals surface area contributed by atoms with Crippen molar-refractivity contribution in [3.63, 3.8) is 0 Å². The van der Waals surface area contributed by atoms with Crippen molar-refractivity contribution in [3.8, 4) is 0 Å². The van der Waals surface area contributed by atoms with Crippen molar-refractivity contribution in [1.82, 2.24) is 9.80 Å². The highest BCUT2D eigenvalue weighted by Crippen LogP contribution is 2.31. The molecule has 32 heavy (non-hydrogen) atoms. The summed E-state index contributed by atoms with van der Waals surface area (Å²) < 4.78 is 69.2. The van der Waals surface area contributed by atoms with Gasteiger partial charge >= 0.3 is 24.3 Å². The number of hydrogen-bond donors (Lipinski definition) is 2. The maximum atomic E-state index is 10.6. The number of ether oxygens (including phenoxy) is 1. The number of thiophene rings is 1. The first-order valence-corrected chi connectivity index (χ1v) is 10.2. The van der Waals surface area contributed by atoms with Gasteiger partial charge in [-0.1, -0.05) is 6.07 Å². The number of nitrogens with zero attached hydrogens (tertiary/aromatic N) is 2. The third kappa shape index (κ3) is 9.30. The Kier molecular flexibility index (Phi) is 10.4. The number of likely N-dealkylation sites (N-methyl/N-ethyl adjacent to an activating group) is 1. The smallest absolute Gasteiger partial charge is 0.475 e. The van der Waals surface area contributed by atoms with Crippen LogP contribution in [-0.2, 0) is 20.9 Å². The monoisotopic (exact) mass is 494 g/mol. The van der Waals surface area contributed by atoms with Gasteiger partial charge in [0.1, 0.15) is 0 Å². The molecule has 0 aromatic carbocycles. The molecule has 3 rings (SSSR count). The maximum absolute atomic E-state index is 10.6. The van der Waals surface area contributed by atoms with E-state index in [1.54, 1.807) is 0 Å². The number of carbonyl (C=O) groups is 2. The lowest BCUT2D eigenvalue weighted by Crippen LogP contribution is -2.59. The predicted octanol–water partition coefficient (Wildman–Crippen LogP) is 3.31. The van der Waals surface area contributed by atoms with Crippen LogP contribution in [0.15, 0.2) is 17.5 Å². The molecule has 0 atom stereocenters. The first-order valence-electron chi connectivity index (χ1n) is 9.31. The summed E-state index contributed by atoms with van der Waals surface area (Å²) in [5.74, 6) is -5.51. The summed E-state index contributed by atoms with van der Waals surface area (Å²) in [4.78, 5) is 24.4. The SMILES string of the molecule is CN1CCOCC12CCN(Cc1cccs1)CC2.O=C(O)C(F)(F)F.O=C(O)C(F)(F)F. The van der Waals surface area contributed by atoms with Gasteiger partial charge in [0.2, 0.25) is 0 Å². The van der Waals surface area contributed by atoms with E-state index in [1.807, 2.05) is 11.3 Å². The van der Waals surface area contributed by atoms with Crippen LogP contribution in [0, 0.1) is 0 Å². The maximum Gasteiger partial charge on any atom is 0.490 e. The third-order valence-electron chi connectivity index (χ3n) is 4.98. The molecule has 184 valence electrons. The number of likely N-dealkylation sites (tertiary alicyclic amines) is 1. The van der Waals surface area contributed by atoms with Crippen molar-refractivity contribution >= 4 is 23.3 Å². The fraction of sp³-hybridized carbons (Fsp3) is 0.667. The van der Waals surface area contributed by atoms with E-state index in [-0.39, 0.29) is 0 Å². The van der Waals surface area contributed by atoms with Crippen molar-refractivity contribution in [3.05, 3.63) is 22.4 Å². The van der Waals surface area contributed by atoms with Crippen molar-refractivity contribution < 1.29 is 50.9 Å². The van der Waals surface area contributed by atoms with Crippen LogP contribution in [0.4, 0.5) is 26.3 Å². The van der Waals surface area contributed by atoms with Gasteiger partial charge in [0.05, 0.1) is 13.2 Å². The third-order valence-corrected chi connectivity index (χ3v) is 5.84. The van der Waals surface area contributed by atoms with Gasteiger partial charge in [-0.2, -0.15) is 26.3 Å². The van der Waals surface area contributed by atoms with E-state index in [0.29, 0.717) is 5.54 Å². The summed E-state index contributed by atoms with van der Waals surface area (Å²) in [6.07, 6.45) is -7.68. The van der Waals surface area contributed by atoms with Crippen LogP contribution >= 0.6 is 11.3 Å². The summed E-state index contributed by atoms with van der Waals surface area (Å²) in [5.41, 5.74) is 0.324. The van der Waals surface area contributed by atoms with Crippen molar-refractivity contribution in [1.29, 1.82) is 0 Å². The molecule has 0 bridgehead atoms. The highest BCUT2D eigenvalue weighted by Gasteiger charge is 2.40. The van der Waals surface area contributed by atoms with Crippen molar-refractivity contribution in [2.75, 3.05) is 39.9 Å². The Labute approximate surface area is 184 Å². The van der Waals surface area contributed by atoms with E-state index in [4.69, 9.17) is 24.5 Å². The highest BCUT2D eigenvalue weighted by molar-refractivity contribution is 7.09. The Balaban J connectivity index is 0.000000305. The number of hydrogen-bond acceptors (Lipinski definition) is 6. The van der Waals surface area contributed by atoms with Crippen LogP contribution in [0.25, 0.3) is 0 Å². The zero-order valence-corrected chi connectivity index (χ0v) is 17.9. The van der Waals surface area contributed by atoms with Crippen LogP contribution < -0.4 is 0 Å². The minimum Gasteiger partial charge on any atom is -0.475 e. The average Bonchev–Trinajstić information content (AvgIpc) is 3.19. The first-order chi connectivity index (χ1) is 14.7. The molecule has 14 heteroatoms. The fourth-order valence-corrected chi connectivity index (χ4v) is 3.83. The summed E-state index contributed by atoms with van der Waals surface area (Å²) in [6.45, 7) is 6.44. The average molecular weight is 494 g/mol. The zero-order valence-electron chi connectivity index (χ0n) is 17.1. The van der Waals surface area contributed by atoms with Gasteiger partial charge in [-0.3, -0.25) is 9.80 Å². The molecule has 2 N–H and O–H groups in total. The van der Waals surface area contributed by atoms with E-state index in [9.17, 15) is 26.3 Å². The zero-order chi connectivity index (χ0) is 24.6. The molecule has 1 aromatic heterocycles. The predicted molar refractivity (Wildman–Crippen MR) is 102 cm³/mol. The van der Waals surface area contributed by atoms with E-state index >= 15 is 0 Å². The molecule has 3 heterocycles. The quantitative estimate of drug-likeness (QED) is 0.610. The van der Waals surface area contributed by atoms with Gasteiger partial charge in [0.15, 0.2) is 0 Å². The van der Waals surface area contributed by atoms with E-state index in [1.165, 1.54) is 30.8 Å². The number of aliphatic carboxylic acids is 2. The second kappa shape index (κ2) is 11.8. The van der Waals surface area contributed by atoms with Gasteiger partial charge in [-0.05, 0) is 31.3 Å². The molecule has 0 radical (unpaired) electrons. The number of piperidine rings is 1. The second-order valence-corrected chi connectivity index (χ2v) is 8.19. The standard InChI is InChI=1S/C14H22N2OS.2C2HF3O2/c1-15-8-9-17-12-14(15)4-6-16(7-5-14)11-13-3-2-10-18-13;2*3-2(4,5)1(6)7/h2-3,10H,4-9,11-12H2,1H3;2*(H,6,7). The molecule has 2 fully saturated rings. The number of rotatable bonds is 2. The Bertz CT molecular complexity index is 694. The first kappa shape index (κ1) is 28.1. The normalized spacial score (nSPS) is 19.3. The van der Waals surface area contributed by atoms with Crippen molar-refractivity contribution in [2.24, 2.45) is 0 Å². The number of carboxylic acid groups (broad SMARTS) is 2. The van der Waals surface area contributed by atoms with Crippen LogP contribution in [0.3, 0.4) is 0 Å². The Morgan fingerprint density at radius 2 is 1.56 bits per heavy atom. The number of morpholine rings is 1. The number of halogens is 6. The highest BCUT2D eigenvalue weighted by atomic mass is 32.1. The lowest BCUT2D eigenvalue weighted by Gasteiger charge is -2.49. The molecule has 1 aromatic rings. The summed E-state index contributed by atoms with van der Waals surface area (Å²) >= 11 is 1.87. The molecule has 0 aliphatic carbocycles. The topological polar surface area (TPSA) is 90.3 Å². The molecule has 2 aliphatic heterocycles.